The second-order valence-electron chi connectivity index (χ2n) is 4.78. The average Bonchev–Trinajstić information content (AvgIpc) is 3.33. The van der Waals surface area contributed by atoms with Gasteiger partial charge in [0.1, 0.15) is 15.7 Å². The molecule has 0 aliphatic rings. The molecular formula is C15H14N8OS. The zero-order chi connectivity index (χ0) is 17.5. The van der Waals surface area contributed by atoms with Crippen molar-refractivity contribution in [2.45, 2.75) is 6.54 Å². The third-order valence-electron chi connectivity index (χ3n) is 3.08. The second-order valence-corrected chi connectivity index (χ2v) is 5.84. The van der Waals surface area contributed by atoms with Crippen LogP contribution in [0.15, 0.2) is 52.8 Å². The van der Waals surface area contributed by atoms with Crippen molar-refractivity contribution < 1.29 is 4.79 Å². The fourth-order valence-corrected chi connectivity index (χ4v) is 2.65. The maximum atomic E-state index is 12.1. The molecule has 0 bridgehead atoms. The van der Waals surface area contributed by atoms with E-state index in [2.05, 4.69) is 35.8 Å². The zero-order valence-corrected chi connectivity index (χ0v) is 13.8. The number of hydrogen-bond donors (Lipinski definition) is 3. The number of carbonyl (C=O) groups is 1. The number of nitrogens with zero attached hydrogens (tertiary/aromatic N) is 5. The van der Waals surface area contributed by atoms with E-state index in [1.165, 1.54) is 23.7 Å². The summed E-state index contributed by atoms with van der Waals surface area (Å²) in [4.78, 5) is 16.1. The van der Waals surface area contributed by atoms with E-state index in [0.29, 0.717) is 10.7 Å². The van der Waals surface area contributed by atoms with Gasteiger partial charge in [-0.2, -0.15) is 10.2 Å². The number of rotatable bonds is 6. The third-order valence-corrected chi connectivity index (χ3v) is 4.05. The summed E-state index contributed by atoms with van der Waals surface area (Å²) in [6, 6.07) is 9.70. The highest BCUT2D eigenvalue weighted by molar-refractivity contribution is 7.14. The summed E-state index contributed by atoms with van der Waals surface area (Å²) in [7, 11) is 0. The Morgan fingerprint density at radius 3 is 2.88 bits per heavy atom. The molecule has 0 atom stereocenters. The molecule has 0 radical (unpaired) electrons. The van der Waals surface area contributed by atoms with Crippen LogP contribution in [0.3, 0.4) is 0 Å². The van der Waals surface area contributed by atoms with Gasteiger partial charge in [-0.1, -0.05) is 41.7 Å². The van der Waals surface area contributed by atoms with Gasteiger partial charge in [0.15, 0.2) is 5.71 Å². The van der Waals surface area contributed by atoms with Gasteiger partial charge in [0.25, 0.3) is 5.91 Å². The first kappa shape index (κ1) is 16.5. The fraction of sp³-hybridized carbons (Fsp3) is 0.0667. The molecule has 3 aromatic rings. The van der Waals surface area contributed by atoms with Crippen LogP contribution in [0.5, 0.6) is 0 Å². The molecule has 0 spiro atoms. The highest BCUT2D eigenvalue weighted by Gasteiger charge is 2.11. The Kier molecular flexibility index (Phi) is 5.22. The Hall–Kier alpha value is -3.40. The molecule has 0 saturated carbocycles. The normalized spacial score (nSPS) is 11.8. The predicted octanol–water partition coefficient (Wildman–Crippen LogP) is 1.26. The Morgan fingerprint density at radius 2 is 2.16 bits per heavy atom. The summed E-state index contributed by atoms with van der Waals surface area (Å²) in [6.07, 6.45) is 4.36. The van der Waals surface area contributed by atoms with Crippen LogP contribution in [-0.2, 0) is 11.3 Å². The van der Waals surface area contributed by atoms with Crippen molar-refractivity contribution in [2.24, 2.45) is 15.9 Å². The van der Waals surface area contributed by atoms with Crippen molar-refractivity contribution in [2.75, 3.05) is 0 Å². The van der Waals surface area contributed by atoms with E-state index in [1.807, 2.05) is 30.3 Å². The van der Waals surface area contributed by atoms with Gasteiger partial charge in [0.2, 0.25) is 0 Å². The van der Waals surface area contributed by atoms with Crippen LogP contribution in [0, 0.1) is 0 Å². The number of hydrazone groups is 1. The molecule has 2 heterocycles. The summed E-state index contributed by atoms with van der Waals surface area (Å²) < 4.78 is 0. The smallest absolute Gasteiger partial charge is 0.273 e. The molecule has 9 nitrogen and oxygen atoms in total. The van der Waals surface area contributed by atoms with Gasteiger partial charge < -0.3 is 11.2 Å². The molecule has 126 valence electrons. The summed E-state index contributed by atoms with van der Waals surface area (Å²) >= 11 is 1.40. The number of benzene rings is 1. The predicted molar refractivity (Wildman–Crippen MR) is 95.6 cm³/mol. The second kappa shape index (κ2) is 7.93. The SMILES string of the molecule is N/N=C(\C=Nc1cn[nH]c1)C(=O)NCc1nnc(-c2ccccc2)s1. The molecule has 1 aromatic carbocycles. The third kappa shape index (κ3) is 4.32. The molecule has 1 amide bonds. The summed E-state index contributed by atoms with van der Waals surface area (Å²) in [5.74, 6) is 4.80. The lowest BCUT2D eigenvalue weighted by atomic mass is 10.2. The molecule has 2 aromatic heterocycles. The number of carbonyl (C=O) groups excluding carboxylic acids is 1. The Balaban J connectivity index is 1.59. The van der Waals surface area contributed by atoms with Crippen LogP contribution in [0.1, 0.15) is 5.01 Å². The molecule has 0 unspecified atom stereocenters. The van der Waals surface area contributed by atoms with Gasteiger partial charge in [-0.05, 0) is 0 Å². The first-order valence-corrected chi connectivity index (χ1v) is 8.04. The highest BCUT2D eigenvalue weighted by atomic mass is 32.1. The maximum Gasteiger partial charge on any atom is 0.273 e. The number of nitrogens with two attached hydrogens (primary N) is 1. The molecule has 0 fully saturated rings. The number of hydrogen-bond acceptors (Lipinski definition) is 8. The monoisotopic (exact) mass is 354 g/mol. The molecule has 0 aliphatic heterocycles. The Labute approximate surface area is 146 Å². The van der Waals surface area contributed by atoms with Gasteiger partial charge in [-0.3, -0.25) is 14.9 Å². The van der Waals surface area contributed by atoms with E-state index in [1.54, 1.807) is 6.20 Å². The molecular weight excluding hydrogens is 340 g/mol. The van der Waals surface area contributed by atoms with Gasteiger partial charge >= 0.3 is 0 Å². The number of aromatic amines is 1. The lowest BCUT2D eigenvalue weighted by Crippen LogP contribution is -2.32. The lowest BCUT2D eigenvalue weighted by Gasteiger charge is -2.01. The van der Waals surface area contributed by atoms with E-state index in [0.717, 1.165) is 10.6 Å². The van der Waals surface area contributed by atoms with Gasteiger partial charge in [-0.25, -0.2) is 0 Å². The number of aliphatic imine (C=N–C) groups is 1. The van der Waals surface area contributed by atoms with Gasteiger partial charge in [0, 0.05) is 11.8 Å². The van der Waals surface area contributed by atoms with Crippen LogP contribution >= 0.6 is 11.3 Å². The van der Waals surface area contributed by atoms with E-state index in [4.69, 9.17) is 5.84 Å². The molecule has 10 heteroatoms. The van der Waals surface area contributed by atoms with Crippen LogP contribution < -0.4 is 11.2 Å². The van der Waals surface area contributed by atoms with Gasteiger partial charge in [-0.15, -0.1) is 10.2 Å². The van der Waals surface area contributed by atoms with Crippen molar-refractivity contribution in [3.63, 3.8) is 0 Å². The highest BCUT2D eigenvalue weighted by Crippen LogP contribution is 2.22. The summed E-state index contributed by atoms with van der Waals surface area (Å²) in [5.41, 5.74) is 1.54. The molecule has 0 aliphatic carbocycles. The Bertz CT molecular complexity index is 885. The van der Waals surface area contributed by atoms with Gasteiger partial charge in [0.05, 0.1) is 19.0 Å². The van der Waals surface area contributed by atoms with Crippen molar-refractivity contribution in [3.05, 3.63) is 47.7 Å². The molecule has 3 rings (SSSR count). The number of nitrogens with one attached hydrogen (secondary N) is 2. The van der Waals surface area contributed by atoms with Crippen molar-refractivity contribution >= 4 is 34.9 Å². The minimum Gasteiger partial charge on any atom is -0.344 e. The summed E-state index contributed by atoms with van der Waals surface area (Å²) in [5, 5.41) is 22.2. The van der Waals surface area contributed by atoms with Crippen molar-refractivity contribution in [1.82, 2.24) is 25.7 Å². The van der Waals surface area contributed by atoms with Crippen molar-refractivity contribution in [1.29, 1.82) is 0 Å². The van der Waals surface area contributed by atoms with Crippen LogP contribution in [0.4, 0.5) is 5.69 Å². The minimum absolute atomic E-state index is 0.00556. The lowest BCUT2D eigenvalue weighted by molar-refractivity contribution is -0.114. The van der Waals surface area contributed by atoms with E-state index >= 15 is 0 Å². The van der Waals surface area contributed by atoms with E-state index in [-0.39, 0.29) is 12.3 Å². The van der Waals surface area contributed by atoms with Crippen LogP contribution in [-0.4, -0.2) is 38.2 Å². The largest absolute Gasteiger partial charge is 0.344 e. The van der Waals surface area contributed by atoms with Crippen molar-refractivity contribution in [3.8, 4) is 10.6 Å². The fourth-order valence-electron chi connectivity index (χ4n) is 1.87. The average molecular weight is 354 g/mol. The number of amides is 1. The first-order chi connectivity index (χ1) is 12.3. The summed E-state index contributed by atoms with van der Waals surface area (Å²) in [6.45, 7) is 0.224. The number of H-pyrrole nitrogens is 1. The maximum absolute atomic E-state index is 12.1. The first-order valence-electron chi connectivity index (χ1n) is 7.23. The topological polar surface area (TPSA) is 134 Å². The molecule has 25 heavy (non-hydrogen) atoms. The Morgan fingerprint density at radius 1 is 1.32 bits per heavy atom. The standard InChI is InChI=1S/C15H14N8OS/c16-21-12(8-17-11-6-19-20-7-11)14(24)18-9-13-22-23-15(25-13)10-4-2-1-3-5-10/h1-8H,9,16H2,(H,18,24)(H,19,20)/b17-8?,21-12+. The van der Waals surface area contributed by atoms with Crippen LogP contribution in [0.2, 0.25) is 0 Å². The molecule has 0 saturated heterocycles. The minimum atomic E-state index is -0.453. The van der Waals surface area contributed by atoms with E-state index < -0.39 is 5.91 Å². The van der Waals surface area contributed by atoms with Crippen LogP contribution in [0.25, 0.3) is 10.6 Å². The molecule has 4 N–H and O–H groups in total. The van der Waals surface area contributed by atoms with E-state index in [9.17, 15) is 4.79 Å². The zero-order valence-electron chi connectivity index (χ0n) is 13.0. The number of aromatic nitrogens is 4. The quantitative estimate of drug-likeness (QED) is 0.348.